The van der Waals surface area contributed by atoms with Crippen molar-refractivity contribution in [3.63, 3.8) is 0 Å². The normalized spacial score (nSPS) is 17.0. The number of hydrogen-bond acceptors (Lipinski definition) is 6. The van der Waals surface area contributed by atoms with Crippen molar-refractivity contribution in [3.8, 4) is 0 Å². The number of nitrogen functional groups attached to an aromatic ring is 1. The van der Waals surface area contributed by atoms with Crippen molar-refractivity contribution < 1.29 is 14.3 Å². The van der Waals surface area contributed by atoms with Gasteiger partial charge in [-0.15, -0.1) is 6.58 Å². The summed E-state index contributed by atoms with van der Waals surface area (Å²) in [6.07, 6.45) is 3.54. The molecule has 1 unspecified atom stereocenters. The van der Waals surface area contributed by atoms with Gasteiger partial charge in [0, 0.05) is 13.2 Å². The first kappa shape index (κ1) is 16.5. The van der Waals surface area contributed by atoms with E-state index in [0.717, 1.165) is 18.4 Å². The number of anilines is 1. The summed E-state index contributed by atoms with van der Waals surface area (Å²) in [5, 5.41) is 0. The molecule has 7 nitrogen and oxygen atoms in total. The maximum atomic E-state index is 12.7. The molecular weight excluding hydrogens is 332 g/mol. The minimum atomic E-state index is -0.504. The molecule has 26 heavy (non-hydrogen) atoms. The lowest BCUT2D eigenvalue weighted by Gasteiger charge is -2.10. The van der Waals surface area contributed by atoms with Crippen molar-refractivity contribution in [2.45, 2.75) is 25.5 Å². The molecule has 1 atom stereocenters. The fourth-order valence-electron chi connectivity index (χ4n) is 3.25. The average molecular weight is 352 g/mol. The SMILES string of the molecule is C=CCn1c(N)c(C(=O)OCC2CCCO2)c2nc3ccccc3nc21. The first-order valence-corrected chi connectivity index (χ1v) is 8.63. The highest BCUT2D eigenvalue weighted by molar-refractivity contribution is 6.08. The molecule has 1 fully saturated rings. The molecule has 0 bridgehead atoms. The Balaban J connectivity index is 1.78. The van der Waals surface area contributed by atoms with Crippen LogP contribution in [0.2, 0.25) is 0 Å². The number of benzene rings is 1. The van der Waals surface area contributed by atoms with E-state index in [2.05, 4.69) is 16.5 Å². The highest BCUT2D eigenvalue weighted by Crippen LogP contribution is 2.28. The predicted octanol–water partition coefficient (Wildman–Crippen LogP) is 2.69. The van der Waals surface area contributed by atoms with E-state index in [1.54, 1.807) is 10.6 Å². The zero-order valence-corrected chi connectivity index (χ0v) is 14.4. The molecule has 2 N–H and O–H groups in total. The number of fused-ring (bicyclic) bond motifs is 2. The van der Waals surface area contributed by atoms with Crippen molar-refractivity contribution in [2.24, 2.45) is 0 Å². The van der Waals surface area contributed by atoms with Gasteiger partial charge in [0.2, 0.25) is 0 Å². The van der Waals surface area contributed by atoms with E-state index in [0.29, 0.717) is 29.8 Å². The zero-order valence-electron chi connectivity index (χ0n) is 14.4. The van der Waals surface area contributed by atoms with Gasteiger partial charge < -0.3 is 19.8 Å². The third-order valence-corrected chi connectivity index (χ3v) is 4.53. The van der Waals surface area contributed by atoms with Gasteiger partial charge in [0.05, 0.1) is 17.1 Å². The molecule has 3 aromatic rings. The monoisotopic (exact) mass is 352 g/mol. The predicted molar refractivity (Wildman–Crippen MR) is 98.9 cm³/mol. The lowest BCUT2D eigenvalue weighted by molar-refractivity contribution is 0.0163. The van der Waals surface area contributed by atoms with Crippen LogP contribution in [0.5, 0.6) is 0 Å². The van der Waals surface area contributed by atoms with Crippen LogP contribution in [0.25, 0.3) is 22.2 Å². The van der Waals surface area contributed by atoms with Crippen LogP contribution in [0.4, 0.5) is 5.82 Å². The van der Waals surface area contributed by atoms with Crippen LogP contribution in [-0.4, -0.2) is 39.8 Å². The molecule has 1 aromatic carbocycles. The molecule has 3 heterocycles. The quantitative estimate of drug-likeness (QED) is 0.561. The molecule has 0 saturated carbocycles. The van der Waals surface area contributed by atoms with E-state index in [4.69, 9.17) is 15.2 Å². The Labute approximate surface area is 150 Å². The average Bonchev–Trinajstić information content (AvgIpc) is 3.25. The molecule has 1 aliphatic heterocycles. The van der Waals surface area contributed by atoms with Crippen LogP contribution in [0.3, 0.4) is 0 Å². The summed E-state index contributed by atoms with van der Waals surface area (Å²) in [5.74, 6) is -0.220. The van der Waals surface area contributed by atoms with Gasteiger partial charge in [0.25, 0.3) is 0 Å². The maximum Gasteiger partial charge on any atom is 0.344 e. The summed E-state index contributed by atoms with van der Waals surface area (Å²) in [7, 11) is 0. The molecule has 2 aromatic heterocycles. The number of rotatable bonds is 5. The number of carbonyl (C=O) groups is 1. The Morgan fingerprint density at radius 1 is 1.38 bits per heavy atom. The summed E-state index contributed by atoms with van der Waals surface area (Å²) in [6.45, 7) is 5.10. The Kier molecular flexibility index (Phi) is 4.30. The lowest BCUT2D eigenvalue weighted by atomic mass is 10.2. The highest BCUT2D eigenvalue weighted by Gasteiger charge is 2.26. The van der Waals surface area contributed by atoms with E-state index in [-0.39, 0.29) is 24.1 Å². The van der Waals surface area contributed by atoms with Crippen LogP contribution in [0.15, 0.2) is 36.9 Å². The third kappa shape index (κ3) is 2.80. The molecular formula is C19H20N4O3. The van der Waals surface area contributed by atoms with Crippen molar-refractivity contribution in [3.05, 3.63) is 42.5 Å². The van der Waals surface area contributed by atoms with E-state index < -0.39 is 5.97 Å². The number of allylic oxidation sites excluding steroid dienone is 1. The molecule has 7 heteroatoms. The van der Waals surface area contributed by atoms with Crippen LogP contribution in [-0.2, 0) is 16.0 Å². The topological polar surface area (TPSA) is 92.3 Å². The van der Waals surface area contributed by atoms with Crippen molar-refractivity contribution in [1.82, 2.24) is 14.5 Å². The van der Waals surface area contributed by atoms with Gasteiger partial charge in [-0.3, -0.25) is 0 Å². The minimum absolute atomic E-state index is 0.0476. The van der Waals surface area contributed by atoms with Gasteiger partial charge in [-0.25, -0.2) is 14.8 Å². The van der Waals surface area contributed by atoms with Gasteiger partial charge in [0.15, 0.2) is 5.65 Å². The molecule has 0 amide bonds. The van der Waals surface area contributed by atoms with Crippen LogP contribution in [0.1, 0.15) is 23.2 Å². The molecule has 1 aliphatic rings. The number of nitrogens with zero attached hydrogens (tertiary/aromatic N) is 3. The van der Waals surface area contributed by atoms with Gasteiger partial charge in [-0.1, -0.05) is 18.2 Å². The highest BCUT2D eigenvalue weighted by atomic mass is 16.6. The fourth-order valence-corrected chi connectivity index (χ4v) is 3.25. The summed E-state index contributed by atoms with van der Waals surface area (Å²) in [5.41, 5.74) is 8.93. The number of esters is 1. The molecule has 0 aliphatic carbocycles. The molecule has 1 saturated heterocycles. The van der Waals surface area contributed by atoms with Gasteiger partial charge in [-0.2, -0.15) is 0 Å². The number of aromatic nitrogens is 3. The molecule has 0 spiro atoms. The van der Waals surface area contributed by atoms with E-state index in [1.165, 1.54) is 0 Å². The Morgan fingerprint density at radius 3 is 2.85 bits per heavy atom. The largest absolute Gasteiger partial charge is 0.459 e. The summed E-state index contributed by atoms with van der Waals surface area (Å²) in [4.78, 5) is 22.0. The Morgan fingerprint density at radius 2 is 2.15 bits per heavy atom. The van der Waals surface area contributed by atoms with Gasteiger partial charge >= 0.3 is 5.97 Å². The zero-order chi connectivity index (χ0) is 18.1. The molecule has 4 rings (SSSR count). The maximum absolute atomic E-state index is 12.7. The third-order valence-electron chi connectivity index (χ3n) is 4.53. The standard InChI is InChI=1S/C19H20N4O3/c1-2-9-23-17(20)15(19(24)26-11-12-6-5-10-25-12)16-18(23)22-14-8-4-3-7-13(14)21-16/h2-4,7-8,12H,1,5-6,9-11,20H2. The second-order valence-electron chi connectivity index (χ2n) is 6.28. The van der Waals surface area contributed by atoms with E-state index in [9.17, 15) is 4.79 Å². The van der Waals surface area contributed by atoms with E-state index in [1.807, 2.05) is 24.3 Å². The minimum Gasteiger partial charge on any atom is -0.459 e. The summed E-state index contributed by atoms with van der Waals surface area (Å²) >= 11 is 0. The number of carbonyl (C=O) groups excluding carboxylic acids is 1. The van der Waals surface area contributed by atoms with Crippen molar-refractivity contribution in [2.75, 3.05) is 18.9 Å². The first-order valence-electron chi connectivity index (χ1n) is 8.63. The van der Waals surface area contributed by atoms with Crippen molar-refractivity contribution >= 4 is 34.0 Å². The Hall–Kier alpha value is -2.93. The van der Waals surface area contributed by atoms with Gasteiger partial charge in [-0.05, 0) is 25.0 Å². The lowest BCUT2D eigenvalue weighted by Crippen LogP contribution is -2.18. The molecule has 134 valence electrons. The molecule has 0 radical (unpaired) electrons. The second kappa shape index (κ2) is 6.76. The van der Waals surface area contributed by atoms with Crippen LogP contribution < -0.4 is 5.73 Å². The number of hydrogen-bond donors (Lipinski definition) is 1. The van der Waals surface area contributed by atoms with Crippen LogP contribution >= 0.6 is 0 Å². The Bertz CT molecular complexity index is 989. The number of para-hydroxylation sites is 2. The van der Waals surface area contributed by atoms with E-state index >= 15 is 0 Å². The first-order chi connectivity index (χ1) is 12.7. The summed E-state index contributed by atoms with van der Waals surface area (Å²) < 4.78 is 12.7. The second-order valence-corrected chi connectivity index (χ2v) is 6.28. The van der Waals surface area contributed by atoms with Crippen LogP contribution in [0, 0.1) is 0 Å². The van der Waals surface area contributed by atoms with Crippen molar-refractivity contribution in [1.29, 1.82) is 0 Å². The number of ether oxygens (including phenoxy) is 2. The van der Waals surface area contributed by atoms with Gasteiger partial charge in [0.1, 0.15) is 23.5 Å². The smallest absolute Gasteiger partial charge is 0.344 e. The summed E-state index contributed by atoms with van der Waals surface area (Å²) in [6, 6.07) is 7.50. The number of nitrogens with two attached hydrogens (primary N) is 1. The fraction of sp³-hybridized carbons (Fsp3) is 0.316.